The van der Waals surface area contributed by atoms with E-state index in [1.807, 2.05) is 0 Å². The fraction of sp³-hybridized carbons (Fsp3) is 0.286. The van der Waals surface area contributed by atoms with E-state index < -0.39 is 10.6 Å². The second-order valence-corrected chi connectivity index (χ2v) is 7.19. The maximum Gasteiger partial charge on any atom is 0.334 e. The highest BCUT2D eigenvalue weighted by Crippen LogP contribution is 2.30. The summed E-state index contributed by atoms with van der Waals surface area (Å²) in [5.74, 6) is 0.0961. The molecule has 0 saturated carbocycles. The molecule has 2 aromatic heterocycles. The number of allylic oxidation sites excluding steroid dienone is 1. The maximum atomic E-state index is 11.7. The first-order valence-corrected chi connectivity index (χ1v) is 8.35. The minimum absolute atomic E-state index is 0.0728. The highest BCUT2D eigenvalue weighted by molar-refractivity contribution is 9.12. The molecule has 0 bridgehead atoms. The smallest absolute Gasteiger partial charge is 0.258 e. The third kappa shape index (κ3) is 3.55. The number of nitro groups is 1. The van der Waals surface area contributed by atoms with Crippen LogP contribution in [0.5, 0.6) is 0 Å². The van der Waals surface area contributed by atoms with Crippen LogP contribution < -0.4 is 0 Å². The minimum Gasteiger partial charge on any atom is -0.258 e. The summed E-state index contributed by atoms with van der Waals surface area (Å²) in [5, 5.41) is 20.2. The molecular formula is C14H14BrCl2N5O2. The van der Waals surface area contributed by atoms with Gasteiger partial charge in [-0.1, -0.05) is 23.2 Å². The quantitative estimate of drug-likeness (QED) is 0.411. The Bertz CT molecular complexity index is 830. The summed E-state index contributed by atoms with van der Waals surface area (Å²) >= 11 is 14.9. The van der Waals surface area contributed by atoms with E-state index in [9.17, 15) is 10.1 Å². The van der Waals surface area contributed by atoms with Gasteiger partial charge in [0.2, 0.25) is 5.82 Å². The van der Waals surface area contributed by atoms with Gasteiger partial charge in [0.05, 0.1) is 16.3 Å². The number of aryl methyl sites for hydroxylation is 4. The predicted molar refractivity (Wildman–Crippen MR) is 95.6 cm³/mol. The number of nitrogens with zero attached hydrogens (tertiary/aromatic N) is 5. The monoisotopic (exact) mass is 433 g/mol. The van der Waals surface area contributed by atoms with Crippen molar-refractivity contribution in [2.75, 3.05) is 0 Å². The average Bonchev–Trinajstić information content (AvgIpc) is 2.96. The van der Waals surface area contributed by atoms with Crippen molar-refractivity contribution in [1.29, 1.82) is 0 Å². The van der Waals surface area contributed by atoms with Gasteiger partial charge in [-0.2, -0.15) is 10.2 Å². The van der Waals surface area contributed by atoms with E-state index in [2.05, 4.69) is 26.1 Å². The van der Waals surface area contributed by atoms with Gasteiger partial charge >= 0.3 is 5.70 Å². The summed E-state index contributed by atoms with van der Waals surface area (Å²) in [7, 11) is 0. The van der Waals surface area contributed by atoms with Gasteiger partial charge in [-0.3, -0.25) is 10.1 Å². The molecule has 0 atom stereocenters. The number of hydrogen-bond donors (Lipinski definition) is 0. The molecule has 0 unspecified atom stereocenters. The number of aromatic nitrogens is 4. The maximum absolute atomic E-state index is 11.7. The zero-order valence-corrected chi connectivity index (χ0v) is 16.4. The molecule has 7 nitrogen and oxygen atoms in total. The minimum atomic E-state index is -0.603. The Morgan fingerprint density at radius 1 is 1.08 bits per heavy atom. The zero-order valence-electron chi connectivity index (χ0n) is 13.3. The molecule has 0 amide bonds. The molecule has 0 radical (unpaired) electrons. The van der Waals surface area contributed by atoms with Crippen molar-refractivity contribution >= 4 is 39.1 Å². The van der Waals surface area contributed by atoms with Crippen molar-refractivity contribution in [3.63, 3.8) is 0 Å². The van der Waals surface area contributed by atoms with Crippen LogP contribution in [0.3, 0.4) is 0 Å². The summed E-state index contributed by atoms with van der Waals surface area (Å²) in [4.78, 5) is 11.1. The van der Waals surface area contributed by atoms with Gasteiger partial charge in [-0.25, -0.2) is 9.36 Å². The largest absolute Gasteiger partial charge is 0.334 e. The molecule has 0 fully saturated rings. The number of halogens is 3. The van der Waals surface area contributed by atoms with E-state index in [0.29, 0.717) is 22.8 Å². The van der Waals surface area contributed by atoms with Gasteiger partial charge < -0.3 is 0 Å². The summed E-state index contributed by atoms with van der Waals surface area (Å²) < 4.78 is 2.79. The lowest BCUT2D eigenvalue weighted by molar-refractivity contribution is -0.422. The van der Waals surface area contributed by atoms with Crippen LogP contribution in [0.2, 0.25) is 0 Å². The van der Waals surface area contributed by atoms with Crippen molar-refractivity contribution < 1.29 is 4.92 Å². The van der Waals surface area contributed by atoms with Crippen molar-refractivity contribution in [3.8, 4) is 0 Å². The standard InChI is InChI=1S/C14H14BrCl2N5O2/c1-7-5-9(3)20(18-7)14(21-10(4)6-8(2)19-21)12(22(23)24)11(16)13(15)17/h5-6H,1-4H3/b13-11+. The highest BCUT2D eigenvalue weighted by Gasteiger charge is 2.30. The third-order valence-corrected chi connectivity index (χ3v) is 4.47. The molecule has 2 aromatic rings. The molecule has 0 saturated heterocycles. The first-order chi connectivity index (χ1) is 11.1. The first kappa shape index (κ1) is 18.7. The average molecular weight is 435 g/mol. The lowest BCUT2D eigenvalue weighted by Crippen LogP contribution is -2.22. The fourth-order valence-electron chi connectivity index (χ4n) is 2.33. The van der Waals surface area contributed by atoms with Crippen LogP contribution in [0.4, 0.5) is 0 Å². The normalized spacial score (nSPS) is 12.1. The molecule has 0 aliphatic heterocycles. The topological polar surface area (TPSA) is 78.8 Å². The zero-order chi connectivity index (χ0) is 18.2. The SMILES string of the molecule is Cc1cc(C)n(C(=C(/C(Cl)=C(\Cl)Br)[N+](=O)[O-])n2nc(C)cc2C)n1. The Balaban J connectivity index is 2.97. The molecule has 2 heterocycles. The van der Waals surface area contributed by atoms with Crippen molar-refractivity contribution in [3.05, 3.63) is 65.5 Å². The Kier molecular flexibility index (Phi) is 5.52. The van der Waals surface area contributed by atoms with Gasteiger partial charge in [-0.15, -0.1) is 0 Å². The van der Waals surface area contributed by atoms with Crippen LogP contribution in [0, 0.1) is 43.6 Å². The predicted octanol–water partition coefficient (Wildman–Crippen LogP) is 4.12. The summed E-state index contributed by atoms with van der Waals surface area (Å²) in [6.07, 6.45) is 0. The van der Waals surface area contributed by atoms with Crippen molar-refractivity contribution in [2.45, 2.75) is 27.7 Å². The van der Waals surface area contributed by atoms with Gasteiger partial charge in [0.1, 0.15) is 8.97 Å². The van der Waals surface area contributed by atoms with Crippen LogP contribution in [0.15, 0.2) is 26.8 Å². The molecule has 2 rings (SSSR count). The Hall–Kier alpha value is -1.64. The summed E-state index contributed by atoms with van der Waals surface area (Å²) in [6.45, 7) is 7.17. The highest BCUT2D eigenvalue weighted by atomic mass is 79.9. The number of rotatable bonds is 4. The van der Waals surface area contributed by atoms with Crippen molar-refractivity contribution in [2.24, 2.45) is 0 Å². The summed E-state index contributed by atoms with van der Waals surface area (Å²) in [5.41, 5.74) is 2.41. The van der Waals surface area contributed by atoms with E-state index in [-0.39, 0.29) is 14.8 Å². The van der Waals surface area contributed by atoms with E-state index >= 15 is 0 Å². The van der Waals surface area contributed by atoms with Gasteiger partial charge in [0, 0.05) is 11.4 Å². The Morgan fingerprint density at radius 2 is 1.50 bits per heavy atom. The molecule has 24 heavy (non-hydrogen) atoms. The van der Waals surface area contributed by atoms with Gasteiger partial charge in [0.25, 0.3) is 0 Å². The molecule has 128 valence electrons. The molecule has 0 spiro atoms. The molecule has 0 aliphatic carbocycles. The lowest BCUT2D eigenvalue weighted by Gasteiger charge is -2.13. The Labute approximate surface area is 156 Å². The van der Waals surface area contributed by atoms with Crippen LogP contribution in [0.1, 0.15) is 22.8 Å². The van der Waals surface area contributed by atoms with Gasteiger partial charge in [0.15, 0.2) is 0 Å². The second kappa shape index (κ2) is 7.08. The Morgan fingerprint density at radius 3 is 1.75 bits per heavy atom. The van der Waals surface area contributed by atoms with E-state index in [1.54, 1.807) is 39.8 Å². The van der Waals surface area contributed by atoms with Crippen LogP contribution in [0.25, 0.3) is 0 Å². The molecule has 0 aliphatic rings. The van der Waals surface area contributed by atoms with Crippen LogP contribution >= 0.6 is 39.1 Å². The van der Waals surface area contributed by atoms with Crippen LogP contribution in [-0.4, -0.2) is 24.5 Å². The fourth-order valence-corrected chi connectivity index (χ4v) is 2.76. The second-order valence-electron chi connectivity index (χ2n) is 5.18. The lowest BCUT2D eigenvalue weighted by atomic mass is 10.3. The van der Waals surface area contributed by atoms with Crippen molar-refractivity contribution in [1.82, 2.24) is 19.6 Å². The molecule has 0 N–H and O–H groups in total. The summed E-state index contributed by atoms with van der Waals surface area (Å²) in [6, 6.07) is 3.60. The molecule has 0 aromatic carbocycles. The molecule has 10 heteroatoms. The van der Waals surface area contributed by atoms with Gasteiger partial charge in [-0.05, 0) is 55.8 Å². The third-order valence-electron chi connectivity index (χ3n) is 3.19. The van der Waals surface area contributed by atoms with E-state index in [0.717, 1.165) is 0 Å². The first-order valence-electron chi connectivity index (χ1n) is 6.80. The van der Waals surface area contributed by atoms with Crippen LogP contribution in [-0.2, 0) is 0 Å². The van der Waals surface area contributed by atoms with E-state index in [1.165, 1.54) is 9.36 Å². The number of hydrogen-bond acceptors (Lipinski definition) is 4. The molecular weight excluding hydrogens is 421 g/mol. The van der Waals surface area contributed by atoms with E-state index in [4.69, 9.17) is 23.2 Å².